The second-order valence-corrected chi connectivity index (χ2v) is 7.15. The Balaban J connectivity index is 2.89. The van der Waals surface area contributed by atoms with Gasteiger partial charge in [0.2, 0.25) is 0 Å². The van der Waals surface area contributed by atoms with Crippen LogP contribution >= 0.6 is 0 Å². The van der Waals surface area contributed by atoms with Gasteiger partial charge < -0.3 is 5.32 Å². The van der Waals surface area contributed by atoms with Crippen LogP contribution in [0, 0.1) is 5.41 Å². The van der Waals surface area contributed by atoms with Gasteiger partial charge >= 0.3 is 0 Å². The SMILES string of the molecule is CNCC(=O)c1ccc(C(C)(C)CC(C)(C)C)cc1. The van der Waals surface area contributed by atoms with Gasteiger partial charge in [0.1, 0.15) is 0 Å². The summed E-state index contributed by atoms with van der Waals surface area (Å²) < 4.78 is 0. The highest BCUT2D eigenvalue weighted by atomic mass is 16.1. The highest BCUT2D eigenvalue weighted by Gasteiger charge is 2.27. The van der Waals surface area contributed by atoms with Crippen molar-refractivity contribution in [3.05, 3.63) is 35.4 Å². The maximum atomic E-state index is 11.8. The Morgan fingerprint density at radius 2 is 1.58 bits per heavy atom. The number of rotatable bonds is 5. The molecule has 0 aliphatic carbocycles. The Labute approximate surface area is 117 Å². The fraction of sp³-hybridized carbons (Fsp3) is 0.588. The molecule has 1 aromatic carbocycles. The minimum Gasteiger partial charge on any atom is -0.313 e. The number of ketones is 1. The molecule has 0 aliphatic heterocycles. The predicted octanol–water partition coefficient (Wildman–Crippen LogP) is 3.80. The standard InChI is InChI=1S/C17H27NO/c1-16(2,3)12-17(4,5)14-9-7-13(8-10-14)15(19)11-18-6/h7-10,18H,11-12H2,1-6H3. The van der Waals surface area contributed by atoms with Gasteiger partial charge in [0, 0.05) is 5.56 Å². The molecule has 0 fully saturated rings. The highest BCUT2D eigenvalue weighted by Crippen LogP contribution is 2.36. The van der Waals surface area contributed by atoms with E-state index in [9.17, 15) is 4.79 Å². The van der Waals surface area contributed by atoms with Gasteiger partial charge in [-0.2, -0.15) is 0 Å². The third-order valence-corrected chi connectivity index (χ3v) is 3.30. The van der Waals surface area contributed by atoms with Crippen LogP contribution in [0.3, 0.4) is 0 Å². The smallest absolute Gasteiger partial charge is 0.176 e. The quantitative estimate of drug-likeness (QED) is 0.817. The van der Waals surface area contributed by atoms with Gasteiger partial charge in [-0.05, 0) is 29.9 Å². The van der Waals surface area contributed by atoms with Crippen molar-refractivity contribution >= 4 is 5.78 Å². The fourth-order valence-electron chi connectivity index (χ4n) is 2.80. The first kappa shape index (κ1) is 15.9. The summed E-state index contributed by atoms with van der Waals surface area (Å²) in [6, 6.07) is 8.07. The molecule has 0 aliphatic rings. The van der Waals surface area contributed by atoms with Crippen molar-refractivity contribution in [3.8, 4) is 0 Å². The second-order valence-electron chi connectivity index (χ2n) is 7.15. The summed E-state index contributed by atoms with van der Waals surface area (Å²) in [7, 11) is 1.79. The molecule has 0 spiro atoms. The van der Waals surface area contributed by atoms with Crippen molar-refractivity contribution in [2.45, 2.75) is 46.5 Å². The number of carbonyl (C=O) groups excluding carboxylic acids is 1. The molecule has 0 heterocycles. The summed E-state index contributed by atoms with van der Waals surface area (Å²) in [5.74, 6) is 0.141. The van der Waals surface area contributed by atoms with E-state index in [0.717, 1.165) is 12.0 Å². The van der Waals surface area contributed by atoms with E-state index in [1.165, 1.54) is 5.56 Å². The minimum atomic E-state index is 0.128. The highest BCUT2D eigenvalue weighted by molar-refractivity contribution is 5.97. The summed E-state index contributed by atoms with van der Waals surface area (Å²) in [6.45, 7) is 11.7. The summed E-state index contributed by atoms with van der Waals surface area (Å²) in [5, 5.41) is 2.89. The Bertz CT molecular complexity index is 424. The molecule has 0 aromatic heterocycles. The lowest BCUT2D eigenvalue weighted by Gasteiger charge is -2.33. The van der Waals surface area contributed by atoms with Crippen molar-refractivity contribution < 1.29 is 4.79 Å². The molecule has 106 valence electrons. The summed E-state index contributed by atoms with van der Waals surface area (Å²) in [6.07, 6.45) is 1.11. The number of hydrogen-bond acceptors (Lipinski definition) is 2. The Morgan fingerprint density at radius 1 is 1.05 bits per heavy atom. The topological polar surface area (TPSA) is 29.1 Å². The number of Topliss-reactive ketones (excluding diaryl/α,β-unsaturated/α-hetero) is 1. The molecule has 0 bridgehead atoms. The monoisotopic (exact) mass is 261 g/mol. The number of benzene rings is 1. The van der Waals surface area contributed by atoms with E-state index in [-0.39, 0.29) is 11.2 Å². The molecule has 19 heavy (non-hydrogen) atoms. The largest absolute Gasteiger partial charge is 0.313 e. The summed E-state index contributed by atoms with van der Waals surface area (Å²) in [5.41, 5.74) is 2.50. The fourth-order valence-corrected chi connectivity index (χ4v) is 2.80. The van der Waals surface area contributed by atoms with Gasteiger partial charge in [-0.15, -0.1) is 0 Å². The summed E-state index contributed by atoms with van der Waals surface area (Å²) >= 11 is 0. The van der Waals surface area contributed by atoms with Gasteiger partial charge in [-0.3, -0.25) is 4.79 Å². The van der Waals surface area contributed by atoms with E-state index in [4.69, 9.17) is 0 Å². The molecule has 2 nitrogen and oxygen atoms in total. The normalized spacial score (nSPS) is 12.5. The molecule has 0 saturated carbocycles. The zero-order valence-corrected chi connectivity index (χ0v) is 13.1. The lowest BCUT2D eigenvalue weighted by atomic mass is 9.72. The van der Waals surface area contributed by atoms with Crippen LogP contribution in [0.25, 0.3) is 0 Å². The number of likely N-dealkylation sites (N-methyl/N-ethyl adjacent to an activating group) is 1. The number of carbonyl (C=O) groups is 1. The average molecular weight is 261 g/mol. The Hall–Kier alpha value is -1.15. The lowest BCUT2D eigenvalue weighted by Crippen LogP contribution is -2.25. The van der Waals surface area contributed by atoms with Crippen LogP contribution in [-0.2, 0) is 5.41 Å². The average Bonchev–Trinajstić information content (AvgIpc) is 2.26. The first-order chi connectivity index (χ1) is 8.65. The zero-order chi connectivity index (χ0) is 14.7. The van der Waals surface area contributed by atoms with Crippen LogP contribution in [0.2, 0.25) is 0 Å². The predicted molar refractivity (Wildman–Crippen MR) is 81.8 cm³/mol. The minimum absolute atomic E-state index is 0.128. The second kappa shape index (κ2) is 5.87. The van der Waals surface area contributed by atoms with Crippen LogP contribution in [0.5, 0.6) is 0 Å². The third kappa shape index (κ3) is 4.79. The van der Waals surface area contributed by atoms with Crippen LogP contribution in [0.1, 0.15) is 57.0 Å². The van der Waals surface area contributed by atoms with Crippen LogP contribution in [-0.4, -0.2) is 19.4 Å². The molecule has 0 atom stereocenters. The van der Waals surface area contributed by atoms with E-state index >= 15 is 0 Å². The maximum absolute atomic E-state index is 11.8. The molecule has 0 unspecified atom stereocenters. The molecule has 1 aromatic rings. The first-order valence-corrected chi connectivity index (χ1v) is 6.94. The van der Waals surface area contributed by atoms with E-state index in [2.05, 4.69) is 52.1 Å². The lowest BCUT2D eigenvalue weighted by molar-refractivity contribution is 0.0993. The van der Waals surface area contributed by atoms with E-state index in [1.54, 1.807) is 7.05 Å². The molecule has 0 saturated heterocycles. The first-order valence-electron chi connectivity index (χ1n) is 6.94. The Morgan fingerprint density at radius 3 is 2.00 bits per heavy atom. The van der Waals surface area contributed by atoms with Gasteiger partial charge in [0.15, 0.2) is 5.78 Å². The molecular formula is C17H27NO. The van der Waals surface area contributed by atoms with Gasteiger partial charge in [0.25, 0.3) is 0 Å². The van der Waals surface area contributed by atoms with Crippen molar-refractivity contribution in [1.82, 2.24) is 5.32 Å². The zero-order valence-electron chi connectivity index (χ0n) is 13.1. The van der Waals surface area contributed by atoms with Crippen molar-refractivity contribution in [2.24, 2.45) is 5.41 Å². The number of hydrogen-bond donors (Lipinski definition) is 1. The van der Waals surface area contributed by atoms with Gasteiger partial charge in [-0.1, -0.05) is 58.9 Å². The summed E-state index contributed by atoms with van der Waals surface area (Å²) in [4.78, 5) is 11.8. The number of nitrogens with one attached hydrogen (secondary N) is 1. The molecule has 2 heteroatoms. The molecule has 1 rings (SSSR count). The van der Waals surface area contributed by atoms with Gasteiger partial charge in [-0.25, -0.2) is 0 Å². The van der Waals surface area contributed by atoms with Gasteiger partial charge in [0.05, 0.1) is 6.54 Å². The van der Waals surface area contributed by atoms with Crippen LogP contribution < -0.4 is 5.32 Å². The van der Waals surface area contributed by atoms with E-state index in [1.807, 2.05) is 12.1 Å². The van der Waals surface area contributed by atoms with Crippen molar-refractivity contribution in [3.63, 3.8) is 0 Å². The Kier molecular flexibility index (Phi) is 4.92. The molecule has 0 radical (unpaired) electrons. The van der Waals surface area contributed by atoms with E-state index < -0.39 is 0 Å². The van der Waals surface area contributed by atoms with E-state index in [0.29, 0.717) is 12.0 Å². The van der Waals surface area contributed by atoms with Crippen molar-refractivity contribution in [2.75, 3.05) is 13.6 Å². The third-order valence-electron chi connectivity index (χ3n) is 3.30. The van der Waals surface area contributed by atoms with Crippen LogP contribution in [0.15, 0.2) is 24.3 Å². The molecule has 0 amide bonds. The van der Waals surface area contributed by atoms with Crippen LogP contribution in [0.4, 0.5) is 0 Å². The maximum Gasteiger partial charge on any atom is 0.176 e. The molecule has 1 N–H and O–H groups in total. The molecular weight excluding hydrogens is 234 g/mol. The van der Waals surface area contributed by atoms with Crippen molar-refractivity contribution in [1.29, 1.82) is 0 Å².